The average molecular weight is 439 g/mol. The van der Waals surface area contributed by atoms with Crippen molar-refractivity contribution in [3.8, 4) is 5.75 Å². The predicted molar refractivity (Wildman–Crippen MR) is 113 cm³/mol. The zero-order chi connectivity index (χ0) is 21.6. The summed E-state index contributed by atoms with van der Waals surface area (Å²) in [6, 6.07) is 10.6. The number of carbonyl (C=O) groups excluding carboxylic acids is 2. The van der Waals surface area contributed by atoms with Crippen LogP contribution < -0.4 is 15.4 Å². The van der Waals surface area contributed by atoms with Crippen LogP contribution in [0, 0.1) is 6.92 Å². The van der Waals surface area contributed by atoms with Gasteiger partial charge in [0, 0.05) is 6.26 Å². The van der Waals surface area contributed by atoms with Crippen LogP contribution in [0.1, 0.15) is 22.3 Å². The molecule has 7 nitrogen and oxygen atoms in total. The largest absolute Gasteiger partial charge is 0.496 e. The summed E-state index contributed by atoms with van der Waals surface area (Å²) < 4.78 is 28.3. The summed E-state index contributed by atoms with van der Waals surface area (Å²) in [7, 11) is -1.90. The third kappa shape index (κ3) is 6.76. The van der Waals surface area contributed by atoms with E-state index in [1.807, 2.05) is 6.92 Å². The highest BCUT2D eigenvalue weighted by atomic mass is 35.5. The van der Waals surface area contributed by atoms with E-state index in [9.17, 15) is 18.0 Å². The Bertz CT molecular complexity index is 1010. The summed E-state index contributed by atoms with van der Waals surface area (Å²) in [5.74, 6) is -1.04. The molecular weight excluding hydrogens is 416 g/mol. The first-order valence-electron chi connectivity index (χ1n) is 8.79. The molecule has 0 bridgehead atoms. The number of carbonyl (C=O) groups is 2. The summed E-state index contributed by atoms with van der Waals surface area (Å²) in [4.78, 5) is 25.5. The van der Waals surface area contributed by atoms with Gasteiger partial charge in [0.15, 0.2) is 0 Å². The Kier molecular flexibility index (Phi) is 7.64. The molecule has 2 aromatic rings. The van der Waals surface area contributed by atoms with Crippen LogP contribution in [-0.2, 0) is 14.6 Å². The van der Waals surface area contributed by atoms with Gasteiger partial charge in [0.05, 0.1) is 29.1 Å². The Balaban J connectivity index is 2.23. The second-order valence-electron chi connectivity index (χ2n) is 6.62. The van der Waals surface area contributed by atoms with Gasteiger partial charge in [-0.15, -0.1) is 0 Å². The van der Waals surface area contributed by atoms with Crippen LogP contribution in [0.15, 0.2) is 42.5 Å². The fourth-order valence-electron chi connectivity index (χ4n) is 2.61. The minimum atomic E-state index is -3.33. The van der Waals surface area contributed by atoms with Gasteiger partial charge < -0.3 is 15.4 Å². The molecule has 1 unspecified atom stereocenters. The van der Waals surface area contributed by atoms with E-state index in [0.29, 0.717) is 16.5 Å². The zero-order valence-corrected chi connectivity index (χ0v) is 17.9. The Morgan fingerprint density at radius 1 is 1.17 bits per heavy atom. The number of hydrogen-bond donors (Lipinski definition) is 2. The standard InChI is InChI=1S/C20H23ClN2O5S/c1-13-8-9-16(15(21)12-13)22-20(25)17(10-11-29(3,26)27)23-19(24)14-6-4-5-7-18(14)28-2/h4-9,12,17H,10-11H2,1-3H3,(H,22,25)(H,23,24). The van der Waals surface area contributed by atoms with E-state index < -0.39 is 27.7 Å². The molecule has 0 aromatic heterocycles. The molecule has 0 radical (unpaired) electrons. The van der Waals surface area contributed by atoms with Gasteiger partial charge >= 0.3 is 0 Å². The lowest BCUT2D eigenvalue weighted by Crippen LogP contribution is -2.45. The minimum Gasteiger partial charge on any atom is -0.496 e. The van der Waals surface area contributed by atoms with E-state index in [2.05, 4.69) is 10.6 Å². The Morgan fingerprint density at radius 2 is 1.86 bits per heavy atom. The van der Waals surface area contributed by atoms with Crippen LogP contribution in [0.4, 0.5) is 5.69 Å². The number of ether oxygens (including phenoxy) is 1. The van der Waals surface area contributed by atoms with Crippen LogP contribution in [0.3, 0.4) is 0 Å². The molecule has 156 valence electrons. The van der Waals surface area contributed by atoms with Crippen molar-refractivity contribution in [1.82, 2.24) is 5.32 Å². The third-order valence-corrected chi connectivity index (χ3v) is 5.42. The maximum atomic E-state index is 12.8. The third-order valence-electron chi connectivity index (χ3n) is 4.13. The molecule has 0 fully saturated rings. The van der Waals surface area contributed by atoms with Crippen molar-refractivity contribution in [2.45, 2.75) is 19.4 Å². The number of para-hydroxylation sites is 1. The first-order valence-corrected chi connectivity index (χ1v) is 11.2. The summed E-state index contributed by atoms with van der Waals surface area (Å²) in [6.07, 6.45) is 0.982. The van der Waals surface area contributed by atoms with Gasteiger partial charge in [-0.25, -0.2) is 8.42 Å². The molecule has 0 aliphatic heterocycles. The molecule has 2 aromatic carbocycles. The van der Waals surface area contributed by atoms with Crippen LogP contribution >= 0.6 is 11.6 Å². The van der Waals surface area contributed by atoms with E-state index in [4.69, 9.17) is 16.3 Å². The van der Waals surface area contributed by atoms with Gasteiger partial charge in [0.2, 0.25) is 5.91 Å². The molecular formula is C20H23ClN2O5S. The predicted octanol–water partition coefficient (Wildman–Crippen LogP) is 2.83. The normalized spacial score (nSPS) is 12.1. The number of aryl methyl sites for hydroxylation is 1. The van der Waals surface area contributed by atoms with Gasteiger partial charge in [0.25, 0.3) is 5.91 Å². The molecule has 1 atom stereocenters. The average Bonchev–Trinajstić information content (AvgIpc) is 2.66. The quantitative estimate of drug-likeness (QED) is 0.659. The molecule has 29 heavy (non-hydrogen) atoms. The summed E-state index contributed by atoms with van der Waals surface area (Å²) in [6.45, 7) is 1.86. The van der Waals surface area contributed by atoms with Gasteiger partial charge in [-0.1, -0.05) is 29.8 Å². The maximum Gasteiger partial charge on any atom is 0.255 e. The van der Waals surface area contributed by atoms with Crippen molar-refractivity contribution >= 4 is 38.9 Å². The summed E-state index contributed by atoms with van der Waals surface area (Å²) >= 11 is 6.15. The molecule has 9 heteroatoms. The van der Waals surface area contributed by atoms with Gasteiger partial charge in [-0.3, -0.25) is 9.59 Å². The van der Waals surface area contributed by atoms with E-state index in [1.165, 1.54) is 7.11 Å². The minimum absolute atomic E-state index is 0.0883. The van der Waals surface area contributed by atoms with Crippen molar-refractivity contribution in [2.24, 2.45) is 0 Å². The molecule has 2 rings (SSSR count). The molecule has 0 heterocycles. The van der Waals surface area contributed by atoms with E-state index in [1.54, 1.807) is 42.5 Å². The van der Waals surface area contributed by atoms with Crippen LogP contribution in [0.5, 0.6) is 5.75 Å². The lowest BCUT2D eigenvalue weighted by molar-refractivity contribution is -0.118. The number of halogens is 1. The maximum absolute atomic E-state index is 12.8. The number of amides is 2. The molecule has 0 aliphatic rings. The SMILES string of the molecule is COc1ccccc1C(=O)NC(CCS(C)(=O)=O)C(=O)Nc1ccc(C)cc1Cl. The highest BCUT2D eigenvalue weighted by molar-refractivity contribution is 7.90. The number of nitrogens with one attached hydrogen (secondary N) is 2. The molecule has 2 N–H and O–H groups in total. The zero-order valence-electron chi connectivity index (χ0n) is 16.4. The highest BCUT2D eigenvalue weighted by Crippen LogP contribution is 2.23. The lowest BCUT2D eigenvalue weighted by Gasteiger charge is -2.19. The first kappa shape index (κ1) is 22.7. The Morgan fingerprint density at radius 3 is 2.48 bits per heavy atom. The number of anilines is 1. The van der Waals surface area contributed by atoms with Gasteiger partial charge in [-0.05, 0) is 43.2 Å². The van der Waals surface area contributed by atoms with Crippen molar-refractivity contribution in [3.63, 3.8) is 0 Å². The number of sulfone groups is 1. The fraction of sp³-hybridized carbons (Fsp3) is 0.300. The van der Waals surface area contributed by atoms with Crippen molar-refractivity contribution in [1.29, 1.82) is 0 Å². The number of hydrogen-bond acceptors (Lipinski definition) is 5. The molecule has 0 saturated heterocycles. The van der Waals surface area contributed by atoms with E-state index in [-0.39, 0.29) is 17.7 Å². The monoisotopic (exact) mass is 438 g/mol. The fourth-order valence-corrected chi connectivity index (χ4v) is 3.56. The van der Waals surface area contributed by atoms with Crippen molar-refractivity contribution in [2.75, 3.05) is 24.4 Å². The molecule has 2 amide bonds. The van der Waals surface area contributed by atoms with Gasteiger partial charge in [0.1, 0.15) is 21.6 Å². The molecule has 0 spiro atoms. The second-order valence-corrected chi connectivity index (χ2v) is 9.28. The van der Waals surface area contributed by atoms with Crippen LogP contribution in [0.25, 0.3) is 0 Å². The van der Waals surface area contributed by atoms with Crippen LogP contribution in [-0.4, -0.2) is 45.4 Å². The Labute approximate surface area is 175 Å². The summed E-state index contributed by atoms with van der Waals surface area (Å²) in [5, 5.41) is 5.58. The van der Waals surface area contributed by atoms with Crippen molar-refractivity contribution in [3.05, 3.63) is 58.6 Å². The molecule has 0 saturated carbocycles. The first-order chi connectivity index (χ1) is 13.6. The number of rotatable bonds is 8. The lowest BCUT2D eigenvalue weighted by atomic mass is 10.1. The second kappa shape index (κ2) is 9.76. The van der Waals surface area contributed by atoms with E-state index >= 15 is 0 Å². The van der Waals surface area contributed by atoms with Gasteiger partial charge in [-0.2, -0.15) is 0 Å². The summed E-state index contributed by atoms with van der Waals surface area (Å²) in [5.41, 5.74) is 1.53. The van der Waals surface area contributed by atoms with E-state index in [0.717, 1.165) is 11.8 Å². The number of benzene rings is 2. The van der Waals surface area contributed by atoms with Crippen molar-refractivity contribution < 1.29 is 22.7 Å². The van der Waals surface area contributed by atoms with Crippen LogP contribution in [0.2, 0.25) is 5.02 Å². The Hall–Kier alpha value is -2.58. The highest BCUT2D eigenvalue weighted by Gasteiger charge is 2.25. The number of methoxy groups -OCH3 is 1. The molecule has 0 aliphatic carbocycles. The topological polar surface area (TPSA) is 102 Å². The smallest absolute Gasteiger partial charge is 0.255 e.